The Kier molecular flexibility index (Phi) is 5.25. The molecule has 6 nitrogen and oxygen atoms in total. The van der Waals surface area contributed by atoms with E-state index in [1.54, 1.807) is 0 Å². The van der Waals surface area contributed by atoms with E-state index >= 15 is 0 Å². The Balaban J connectivity index is 1.38. The third kappa shape index (κ3) is 4.05. The number of aromatic amines is 1. The van der Waals surface area contributed by atoms with Crippen LogP contribution >= 0.6 is 0 Å². The summed E-state index contributed by atoms with van der Waals surface area (Å²) in [5, 5.41) is 7.37. The van der Waals surface area contributed by atoms with Crippen LogP contribution < -0.4 is 0 Å². The summed E-state index contributed by atoms with van der Waals surface area (Å²) in [6.45, 7) is 7.90. The topological polar surface area (TPSA) is 65.1 Å². The number of amides is 1. The summed E-state index contributed by atoms with van der Waals surface area (Å²) in [7, 11) is 0. The van der Waals surface area contributed by atoms with Gasteiger partial charge in [-0.3, -0.25) is 19.8 Å². The molecule has 3 aliphatic heterocycles. The number of pyridine rings is 1. The van der Waals surface area contributed by atoms with Crippen LogP contribution in [0.15, 0.2) is 24.4 Å². The minimum absolute atomic E-state index is 0.282. The summed E-state index contributed by atoms with van der Waals surface area (Å²) in [6, 6.07) is 6.42. The lowest BCUT2D eigenvalue weighted by molar-refractivity contribution is -0.135. The zero-order valence-corrected chi connectivity index (χ0v) is 16.3. The fourth-order valence-corrected chi connectivity index (χ4v) is 4.48. The average Bonchev–Trinajstić information content (AvgIpc) is 2.84. The van der Waals surface area contributed by atoms with E-state index < -0.39 is 0 Å². The Morgan fingerprint density at radius 2 is 2.11 bits per heavy atom. The van der Waals surface area contributed by atoms with Gasteiger partial charge in [-0.05, 0) is 50.3 Å². The first-order chi connectivity index (χ1) is 13.1. The molecular weight excluding hydrogens is 338 g/mol. The van der Waals surface area contributed by atoms with Gasteiger partial charge in [-0.2, -0.15) is 5.10 Å². The smallest absolute Gasteiger partial charge is 0.223 e. The summed E-state index contributed by atoms with van der Waals surface area (Å²) in [4.78, 5) is 22.1. The van der Waals surface area contributed by atoms with E-state index in [2.05, 4.69) is 38.0 Å². The van der Waals surface area contributed by atoms with E-state index in [0.29, 0.717) is 18.4 Å². The van der Waals surface area contributed by atoms with Crippen LogP contribution in [0.3, 0.4) is 0 Å². The number of aromatic nitrogens is 3. The molecule has 1 amide bonds. The van der Waals surface area contributed by atoms with Crippen molar-refractivity contribution in [3.8, 4) is 0 Å². The van der Waals surface area contributed by atoms with Gasteiger partial charge in [-0.1, -0.05) is 6.07 Å². The zero-order chi connectivity index (χ0) is 18.8. The van der Waals surface area contributed by atoms with Gasteiger partial charge in [-0.25, -0.2) is 0 Å². The van der Waals surface area contributed by atoms with Gasteiger partial charge in [0.1, 0.15) is 0 Å². The van der Waals surface area contributed by atoms with Gasteiger partial charge in [0.15, 0.2) is 0 Å². The molecule has 0 radical (unpaired) electrons. The largest absolute Gasteiger partial charge is 0.338 e. The number of carbonyl (C=O) groups excluding carboxylic acids is 1. The lowest BCUT2D eigenvalue weighted by atomic mass is 9.94. The molecule has 144 valence electrons. The predicted molar refractivity (Wildman–Crippen MR) is 104 cm³/mol. The Morgan fingerprint density at radius 3 is 2.85 bits per heavy atom. The highest BCUT2D eigenvalue weighted by atomic mass is 16.2. The van der Waals surface area contributed by atoms with Gasteiger partial charge in [-0.15, -0.1) is 0 Å². The number of aryl methyl sites for hydroxylation is 2. The Hall–Kier alpha value is -2.21. The Morgan fingerprint density at radius 1 is 1.22 bits per heavy atom. The number of nitrogens with one attached hydrogen (secondary N) is 1. The second-order valence-corrected chi connectivity index (χ2v) is 8.08. The molecule has 0 saturated carbocycles. The van der Waals surface area contributed by atoms with Crippen LogP contribution in [0.2, 0.25) is 0 Å². The zero-order valence-electron chi connectivity index (χ0n) is 16.3. The number of nitrogens with zero attached hydrogens (tertiary/aromatic N) is 4. The van der Waals surface area contributed by atoms with E-state index in [0.717, 1.165) is 56.1 Å². The Labute approximate surface area is 161 Å². The van der Waals surface area contributed by atoms with Gasteiger partial charge >= 0.3 is 0 Å². The van der Waals surface area contributed by atoms with Gasteiger partial charge in [0.2, 0.25) is 5.91 Å². The molecule has 3 fully saturated rings. The minimum Gasteiger partial charge on any atom is -0.338 e. The van der Waals surface area contributed by atoms with Crippen molar-refractivity contribution < 1.29 is 4.79 Å². The maximum atomic E-state index is 13.0. The maximum absolute atomic E-state index is 13.0. The van der Waals surface area contributed by atoms with E-state index in [1.165, 1.54) is 12.0 Å². The van der Waals surface area contributed by atoms with E-state index in [9.17, 15) is 4.79 Å². The third-order valence-corrected chi connectivity index (χ3v) is 6.15. The standard InChI is InChI=1S/C21H29N5O/c1-15-16(2)23-24-20(15)8-9-21(27)26-12-17-6-7-19(26)14-25(11-17)13-18-5-3-4-10-22-18/h3-5,10,17,19H,6-9,11-14H2,1-2H3,(H,23,24)/t17-,19+/m0/s1. The monoisotopic (exact) mass is 367 g/mol. The fraction of sp³-hybridized carbons (Fsp3) is 0.571. The lowest BCUT2D eigenvalue weighted by Crippen LogP contribution is -2.47. The van der Waals surface area contributed by atoms with E-state index in [4.69, 9.17) is 0 Å². The van der Waals surface area contributed by atoms with Crippen molar-refractivity contribution >= 4 is 5.91 Å². The summed E-state index contributed by atoms with van der Waals surface area (Å²) in [5.74, 6) is 0.857. The molecule has 6 heteroatoms. The van der Waals surface area contributed by atoms with Crippen LogP contribution in [0.4, 0.5) is 0 Å². The molecule has 2 aromatic rings. The van der Waals surface area contributed by atoms with Crippen LogP contribution in [0, 0.1) is 19.8 Å². The summed E-state index contributed by atoms with van der Waals surface area (Å²) < 4.78 is 0. The second kappa shape index (κ2) is 7.80. The molecule has 5 rings (SSSR count). The number of fused-ring (bicyclic) bond motifs is 4. The van der Waals surface area contributed by atoms with E-state index in [-0.39, 0.29) is 5.91 Å². The highest BCUT2D eigenvalue weighted by Crippen LogP contribution is 2.29. The molecule has 27 heavy (non-hydrogen) atoms. The molecule has 2 atom stereocenters. The number of piperidine rings is 1. The summed E-state index contributed by atoms with van der Waals surface area (Å²) in [5.41, 5.74) is 4.41. The van der Waals surface area contributed by atoms with Crippen molar-refractivity contribution in [3.63, 3.8) is 0 Å². The summed E-state index contributed by atoms with van der Waals surface area (Å²) >= 11 is 0. The fourth-order valence-electron chi connectivity index (χ4n) is 4.48. The normalized spacial score (nSPS) is 22.8. The molecule has 0 aromatic carbocycles. The van der Waals surface area contributed by atoms with Crippen molar-refractivity contribution in [3.05, 3.63) is 47.0 Å². The molecule has 0 unspecified atom stereocenters. The first kappa shape index (κ1) is 18.2. The van der Waals surface area contributed by atoms with Crippen molar-refractivity contribution in [2.24, 2.45) is 5.92 Å². The number of hydrogen-bond donors (Lipinski definition) is 1. The molecule has 0 aliphatic carbocycles. The maximum Gasteiger partial charge on any atom is 0.223 e. The van der Waals surface area contributed by atoms with Crippen molar-refractivity contribution in [2.75, 3.05) is 19.6 Å². The molecular formula is C21H29N5O. The average molecular weight is 367 g/mol. The van der Waals surface area contributed by atoms with Gasteiger partial charge in [0.25, 0.3) is 0 Å². The van der Waals surface area contributed by atoms with Gasteiger partial charge < -0.3 is 4.90 Å². The first-order valence-corrected chi connectivity index (χ1v) is 10.0. The van der Waals surface area contributed by atoms with Gasteiger partial charge in [0, 0.05) is 57.0 Å². The molecule has 2 bridgehead atoms. The molecule has 0 spiro atoms. The SMILES string of the molecule is Cc1[nH]nc(CCC(=O)N2C[C@H]3CC[C@@H]2CN(Cc2ccccn2)C3)c1C. The van der Waals surface area contributed by atoms with Crippen LogP contribution in [-0.2, 0) is 17.8 Å². The summed E-state index contributed by atoms with van der Waals surface area (Å²) in [6.07, 6.45) is 5.48. The molecule has 1 N–H and O–H groups in total. The van der Waals surface area contributed by atoms with Crippen molar-refractivity contribution in [1.82, 2.24) is 25.0 Å². The second-order valence-electron chi connectivity index (χ2n) is 8.08. The molecule has 3 saturated heterocycles. The predicted octanol–water partition coefficient (Wildman–Crippen LogP) is 2.48. The number of hydrogen-bond acceptors (Lipinski definition) is 4. The Bertz CT molecular complexity index is 787. The van der Waals surface area contributed by atoms with Crippen molar-refractivity contribution in [1.29, 1.82) is 0 Å². The van der Waals surface area contributed by atoms with Crippen LogP contribution in [0.1, 0.15) is 41.9 Å². The lowest BCUT2D eigenvalue weighted by Gasteiger charge is -2.36. The van der Waals surface area contributed by atoms with Crippen LogP contribution in [0.5, 0.6) is 0 Å². The van der Waals surface area contributed by atoms with Crippen LogP contribution in [0.25, 0.3) is 0 Å². The quantitative estimate of drug-likeness (QED) is 0.882. The van der Waals surface area contributed by atoms with Crippen LogP contribution in [-0.4, -0.2) is 56.6 Å². The highest BCUT2D eigenvalue weighted by molar-refractivity contribution is 5.77. The van der Waals surface area contributed by atoms with Gasteiger partial charge in [0.05, 0.1) is 11.4 Å². The van der Waals surface area contributed by atoms with Crippen molar-refractivity contribution in [2.45, 2.75) is 52.1 Å². The van der Waals surface area contributed by atoms with E-state index in [1.807, 2.05) is 25.3 Å². The first-order valence-electron chi connectivity index (χ1n) is 10.0. The molecule has 5 heterocycles. The number of rotatable bonds is 5. The highest BCUT2D eigenvalue weighted by Gasteiger charge is 2.36. The third-order valence-electron chi connectivity index (χ3n) is 6.15. The molecule has 2 aromatic heterocycles. The number of carbonyl (C=O) groups is 1. The minimum atomic E-state index is 0.282. The molecule has 3 aliphatic rings. The number of H-pyrrole nitrogens is 1.